The van der Waals surface area contributed by atoms with Crippen molar-refractivity contribution in [3.05, 3.63) is 38.9 Å². The fraction of sp³-hybridized carbons (Fsp3) is 0.273. The highest BCUT2D eigenvalue weighted by atomic mass is 79.9. The number of rotatable bonds is 0. The molecule has 0 saturated heterocycles. The molecule has 3 nitrogen and oxygen atoms in total. The molecule has 0 aliphatic carbocycles. The molecule has 2 aromatic rings. The van der Waals surface area contributed by atoms with Gasteiger partial charge in [0.25, 0.3) is 5.56 Å². The van der Waals surface area contributed by atoms with Crippen LogP contribution < -0.4 is 5.56 Å². The van der Waals surface area contributed by atoms with Crippen molar-refractivity contribution >= 4 is 26.8 Å². The Morgan fingerprint density at radius 1 is 1.33 bits per heavy atom. The van der Waals surface area contributed by atoms with Gasteiger partial charge in [-0.1, -0.05) is 29.8 Å². The van der Waals surface area contributed by atoms with Crippen LogP contribution in [0.2, 0.25) is 0 Å². The number of nitrogens with one attached hydrogen (secondary N) is 1. The van der Waals surface area contributed by atoms with E-state index < -0.39 is 0 Å². The molecule has 0 radical (unpaired) electrons. The Labute approximate surface area is 96.7 Å². The molecule has 2 rings (SSSR count). The minimum absolute atomic E-state index is 0.0967. The number of aromatic amines is 1. The number of benzene rings is 1. The molecular formula is C11H13BrN2O. The Balaban J connectivity index is 0.000000531. The first-order chi connectivity index (χ1) is 7.18. The second kappa shape index (κ2) is 5.07. The highest BCUT2D eigenvalue weighted by Gasteiger charge is 2.02. The van der Waals surface area contributed by atoms with E-state index in [-0.39, 0.29) is 5.56 Å². The van der Waals surface area contributed by atoms with Crippen LogP contribution in [0.5, 0.6) is 0 Å². The lowest BCUT2D eigenvalue weighted by atomic mass is 10.2. The van der Waals surface area contributed by atoms with Gasteiger partial charge < -0.3 is 4.98 Å². The molecule has 80 valence electrons. The summed E-state index contributed by atoms with van der Waals surface area (Å²) in [6, 6.07) is 3.67. The van der Waals surface area contributed by atoms with Gasteiger partial charge in [-0.3, -0.25) is 4.79 Å². The van der Waals surface area contributed by atoms with Gasteiger partial charge in [-0.15, -0.1) is 0 Å². The maximum absolute atomic E-state index is 11.3. The zero-order valence-electron chi connectivity index (χ0n) is 8.97. The summed E-state index contributed by atoms with van der Waals surface area (Å²) < 4.78 is 0.970. The van der Waals surface area contributed by atoms with E-state index in [2.05, 4.69) is 25.9 Å². The Hall–Kier alpha value is -1.16. The number of H-pyrrole nitrogens is 1. The molecule has 0 amide bonds. The van der Waals surface area contributed by atoms with Gasteiger partial charge in [-0.2, -0.15) is 0 Å². The Kier molecular flexibility index (Phi) is 4.03. The Morgan fingerprint density at radius 3 is 2.67 bits per heavy atom. The van der Waals surface area contributed by atoms with Gasteiger partial charge in [0, 0.05) is 4.47 Å². The molecule has 0 bridgehead atoms. The Bertz CT molecular complexity index is 519. The summed E-state index contributed by atoms with van der Waals surface area (Å²) in [7, 11) is 0. The van der Waals surface area contributed by atoms with Gasteiger partial charge in [0.2, 0.25) is 0 Å². The zero-order valence-corrected chi connectivity index (χ0v) is 10.6. The monoisotopic (exact) mass is 268 g/mol. The van der Waals surface area contributed by atoms with E-state index in [1.165, 1.54) is 6.33 Å². The van der Waals surface area contributed by atoms with Crippen molar-refractivity contribution in [2.75, 3.05) is 0 Å². The van der Waals surface area contributed by atoms with E-state index in [4.69, 9.17) is 0 Å². The quantitative estimate of drug-likeness (QED) is 0.799. The topological polar surface area (TPSA) is 45.8 Å². The maximum Gasteiger partial charge on any atom is 0.258 e. The predicted octanol–water partition coefficient (Wildman–Crippen LogP) is 3.02. The molecule has 0 saturated carbocycles. The molecule has 0 atom stereocenters. The smallest absolute Gasteiger partial charge is 0.258 e. The lowest BCUT2D eigenvalue weighted by Crippen LogP contribution is -2.06. The molecule has 0 unspecified atom stereocenters. The molecular weight excluding hydrogens is 256 g/mol. The fourth-order valence-corrected chi connectivity index (χ4v) is 1.53. The van der Waals surface area contributed by atoms with Crippen molar-refractivity contribution in [3.8, 4) is 0 Å². The van der Waals surface area contributed by atoms with Gasteiger partial charge in [0.1, 0.15) is 0 Å². The van der Waals surface area contributed by atoms with Gasteiger partial charge in [0.15, 0.2) is 0 Å². The number of hydrogen-bond donors (Lipinski definition) is 1. The normalized spacial score (nSPS) is 9.60. The summed E-state index contributed by atoms with van der Waals surface area (Å²) in [5.74, 6) is 0. The predicted molar refractivity (Wildman–Crippen MR) is 66.1 cm³/mol. The number of halogens is 1. The molecule has 0 aliphatic rings. The molecule has 15 heavy (non-hydrogen) atoms. The van der Waals surface area contributed by atoms with E-state index in [9.17, 15) is 4.79 Å². The fourth-order valence-electron chi connectivity index (χ4n) is 1.20. The first kappa shape index (κ1) is 11.9. The van der Waals surface area contributed by atoms with Crippen LogP contribution in [0.1, 0.15) is 19.4 Å². The maximum atomic E-state index is 11.3. The minimum atomic E-state index is -0.0967. The molecule has 1 heterocycles. The van der Waals surface area contributed by atoms with E-state index >= 15 is 0 Å². The average Bonchev–Trinajstić information content (AvgIpc) is 2.24. The van der Waals surface area contributed by atoms with Crippen molar-refractivity contribution < 1.29 is 0 Å². The number of aromatic nitrogens is 2. The van der Waals surface area contributed by atoms with Crippen molar-refractivity contribution in [1.29, 1.82) is 0 Å². The van der Waals surface area contributed by atoms with Gasteiger partial charge in [-0.05, 0) is 24.6 Å². The third-order valence-electron chi connectivity index (χ3n) is 1.92. The minimum Gasteiger partial charge on any atom is -0.313 e. The summed E-state index contributed by atoms with van der Waals surface area (Å²) >= 11 is 3.39. The first-order valence-electron chi connectivity index (χ1n) is 4.82. The molecule has 0 fully saturated rings. The van der Waals surface area contributed by atoms with Gasteiger partial charge in [-0.25, -0.2) is 4.98 Å². The van der Waals surface area contributed by atoms with Crippen LogP contribution in [0.15, 0.2) is 27.7 Å². The highest BCUT2D eigenvalue weighted by molar-refractivity contribution is 9.10. The number of aryl methyl sites for hydroxylation is 1. The molecule has 0 spiro atoms. The lowest BCUT2D eigenvalue weighted by Gasteiger charge is -1.99. The van der Waals surface area contributed by atoms with E-state index in [1.54, 1.807) is 0 Å². The third kappa shape index (κ3) is 2.45. The molecule has 4 heteroatoms. The molecule has 1 N–H and O–H groups in total. The average molecular weight is 269 g/mol. The van der Waals surface area contributed by atoms with Crippen LogP contribution in [0.3, 0.4) is 0 Å². The van der Waals surface area contributed by atoms with Crippen LogP contribution in [-0.4, -0.2) is 9.97 Å². The Morgan fingerprint density at radius 2 is 2.00 bits per heavy atom. The van der Waals surface area contributed by atoms with Crippen molar-refractivity contribution in [1.82, 2.24) is 9.97 Å². The van der Waals surface area contributed by atoms with Crippen LogP contribution >= 0.6 is 15.9 Å². The summed E-state index contributed by atoms with van der Waals surface area (Å²) in [4.78, 5) is 17.9. The van der Waals surface area contributed by atoms with Crippen LogP contribution in [0.25, 0.3) is 10.9 Å². The third-order valence-corrected chi connectivity index (χ3v) is 2.78. The van der Waals surface area contributed by atoms with Gasteiger partial charge in [0.05, 0.1) is 17.2 Å². The molecule has 0 aliphatic heterocycles. The number of hydrogen-bond acceptors (Lipinski definition) is 2. The highest BCUT2D eigenvalue weighted by Crippen LogP contribution is 2.19. The van der Waals surface area contributed by atoms with E-state index in [0.717, 1.165) is 10.0 Å². The molecule has 1 aromatic carbocycles. The second-order valence-corrected chi connectivity index (χ2v) is 3.70. The standard InChI is InChI=1S/C9H7BrN2O.C2H6/c1-5-2-6-8(3-7(5)10)11-4-12-9(6)13;1-2/h2-4H,1H3,(H,11,12,13);1-2H3. The second-order valence-electron chi connectivity index (χ2n) is 2.85. The number of fused-ring (bicyclic) bond motifs is 1. The van der Waals surface area contributed by atoms with Crippen LogP contribution in [0.4, 0.5) is 0 Å². The van der Waals surface area contributed by atoms with Crippen molar-refractivity contribution in [3.63, 3.8) is 0 Å². The molecule has 1 aromatic heterocycles. The lowest BCUT2D eigenvalue weighted by molar-refractivity contribution is 1.17. The van der Waals surface area contributed by atoms with Crippen molar-refractivity contribution in [2.45, 2.75) is 20.8 Å². The van der Waals surface area contributed by atoms with Crippen molar-refractivity contribution in [2.24, 2.45) is 0 Å². The first-order valence-corrected chi connectivity index (χ1v) is 5.61. The number of nitrogens with zero attached hydrogens (tertiary/aromatic N) is 1. The van der Waals surface area contributed by atoms with Gasteiger partial charge >= 0.3 is 0 Å². The van der Waals surface area contributed by atoms with Crippen LogP contribution in [-0.2, 0) is 0 Å². The van der Waals surface area contributed by atoms with E-state index in [0.29, 0.717) is 10.9 Å². The summed E-state index contributed by atoms with van der Waals surface area (Å²) in [5, 5.41) is 0.628. The largest absolute Gasteiger partial charge is 0.313 e. The summed E-state index contributed by atoms with van der Waals surface area (Å²) in [6.07, 6.45) is 1.41. The SMILES string of the molecule is CC.Cc1cc2c(=O)[nH]cnc2cc1Br. The summed E-state index contributed by atoms with van der Waals surface area (Å²) in [5.41, 5.74) is 1.65. The summed E-state index contributed by atoms with van der Waals surface area (Å²) in [6.45, 7) is 5.94. The van der Waals surface area contributed by atoms with Crippen LogP contribution in [0, 0.1) is 6.92 Å². The zero-order chi connectivity index (χ0) is 11.4. The van der Waals surface area contributed by atoms with E-state index in [1.807, 2.05) is 32.9 Å².